The lowest BCUT2D eigenvalue weighted by atomic mass is 9.92. The van der Waals surface area contributed by atoms with Crippen LogP contribution in [0.1, 0.15) is 56.2 Å². The molecule has 5 nitrogen and oxygen atoms in total. The van der Waals surface area contributed by atoms with Gasteiger partial charge in [-0.2, -0.15) is 5.26 Å². The molecule has 36 heavy (non-hydrogen) atoms. The van der Waals surface area contributed by atoms with Crippen LogP contribution in [0.2, 0.25) is 0 Å². The molecule has 0 radical (unpaired) electrons. The van der Waals surface area contributed by atoms with Gasteiger partial charge >= 0.3 is 0 Å². The molecular formula is C31H26N4O. The van der Waals surface area contributed by atoms with Gasteiger partial charge in [0.15, 0.2) is 0 Å². The number of pyridine rings is 1. The molecule has 0 aliphatic heterocycles. The highest BCUT2D eigenvalue weighted by Crippen LogP contribution is 2.38. The predicted molar refractivity (Wildman–Crippen MR) is 144 cm³/mol. The Bertz CT molecular complexity index is 1790. The lowest BCUT2D eigenvalue weighted by molar-refractivity contribution is 0.654. The number of hydrogen-bond donors (Lipinski definition) is 0. The van der Waals surface area contributed by atoms with Crippen LogP contribution in [-0.4, -0.2) is 14.5 Å². The summed E-state index contributed by atoms with van der Waals surface area (Å²) in [5, 5.41) is 11.2. The molecular weight excluding hydrogens is 444 g/mol. The van der Waals surface area contributed by atoms with Crippen molar-refractivity contribution in [1.82, 2.24) is 14.5 Å². The summed E-state index contributed by atoms with van der Waals surface area (Å²) >= 11 is 0. The van der Waals surface area contributed by atoms with E-state index in [1.165, 1.54) is 16.8 Å². The SMILES string of the molecule is CC(C)c1cccc(C(C)C)c1-n1c(-c2cnc3oc4ccc(C#N)cc4c3c2)nc2ccccc21. The minimum Gasteiger partial charge on any atom is -0.438 e. The van der Waals surface area contributed by atoms with Crippen LogP contribution in [0.15, 0.2) is 77.3 Å². The highest BCUT2D eigenvalue weighted by Gasteiger charge is 2.22. The summed E-state index contributed by atoms with van der Waals surface area (Å²) in [4.78, 5) is 9.77. The number of benzene rings is 3. The molecule has 3 aromatic carbocycles. The van der Waals surface area contributed by atoms with Gasteiger partial charge in [-0.25, -0.2) is 9.97 Å². The van der Waals surface area contributed by atoms with Crippen molar-refractivity contribution in [2.45, 2.75) is 39.5 Å². The molecule has 0 unspecified atom stereocenters. The lowest BCUT2D eigenvalue weighted by Gasteiger charge is -2.22. The Labute approximate surface area is 209 Å². The minimum atomic E-state index is 0.343. The molecule has 0 bridgehead atoms. The van der Waals surface area contributed by atoms with Crippen LogP contribution in [0.3, 0.4) is 0 Å². The molecule has 0 aliphatic rings. The van der Waals surface area contributed by atoms with E-state index in [0.717, 1.165) is 38.8 Å². The fraction of sp³-hybridized carbons (Fsp3) is 0.194. The summed E-state index contributed by atoms with van der Waals surface area (Å²) in [6.45, 7) is 8.94. The normalized spacial score (nSPS) is 11.8. The van der Waals surface area contributed by atoms with Gasteiger partial charge < -0.3 is 4.42 Å². The molecule has 3 aromatic heterocycles. The maximum absolute atomic E-state index is 9.41. The first kappa shape index (κ1) is 22.1. The van der Waals surface area contributed by atoms with E-state index in [2.05, 4.69) is 85.8 Å². The molecule has 5 heteroatoms. The zero-order valence-corrected chi connectivity index (χ0v) is 20.8. The average molecular weight is 471 g/mol. The average Bonchev–Trinajstić information content (AvgIpc) is 3.45. The molecule has 0 spiro atoms. The monoisotopic (exact) mass is 470 g/mol. The number of fused-ring (bicyclic) bond motifs is 4. The maximum atomic E-state index is 9.41. The van der Waals surface area contributed by atoms with Crippen molar-refractivity contribution in [3.63, 3.8) is 0 Å². The molecule has 0 saturated carbocycles. The van der Waals surface area contributed by atoms with Crippen LogP contribution in [0.5, 0.6) is 0 Å². The Morgan fingerprint density at radius 3 is 2.33 bits per heavy atom. The largest absolute Gasteiger partial charge is 0.438 e. The highest BCUT2D eigenvalue weighted by atomic mass is 16.3. The number of imidazole rings is 1. The summed E-state index contributed by atoms with van der Waals surface area (Å²) in [6, 6.07) is 24.6. The van der Waals surface area contributed by atoms with Gasteiger partial charge in [0.2, 0.25) is 5.71 Å². The topological polar surface area (TPSA) is 67.6 Å². The standard InChI is InChI=1S/C31H26N4O/c1-18(2)22-8-7-9-23(19(3)4)29(22)35-27-11-6-5-10-26(27)34-30(35)21-15-25-24-14-20(16-32)12-13-28(24)36-31(25)33-17-21/h5-15,17-19H,1-4H3. The van der Waals surface area contributed by atoms with Crippen LogP contribution >= 0.6 is 0 Å². The number of aromatic nitrogens is 3. The van der Waals surface area contributed by atoms with Crippen LogP contribution in [0.4, 0.5) is 0 Å². The number of para-hydroxylation sites is 3. The van der Waals surface area contributed by atoms with Gasteiger partial charge in [0.1, 0.15) is 11.4 Å². The Morgan fingerprint density at radius 1 is 0.861 bits per heavy atom. The first-order valence-corrected chi connectivity index (χ1v) is 12.3. The third kappa shape index (κ3) is 3.37. The van der Waals surface area contributed by atoms with Crippen LogP contribution in [-0.2, 0) is 0 Å². The van der Waals surface area contributed by atoms with Gasteiger partial charge in [-0.3, -0.25) is 4.57 Å². The first-order valence-electron chi connectivity index (χ1n) is 12.3. The van der Waals surface area contributed by atoms with E-state index in [1.54, 1.807) is 6.07 Å². The van der Waals surface area contributed by atoms with Gasteiger partial charge in [0.05, 0.1) is 28.4 Å². The zero-order valence-electron chi connectivity index (χ0n) is 20.8. The van der Waals surface area contributed by atoms with Gasteiger partial charge in [-0.15, -0.1) is 0 Å². The first-order chi connectivity index (χ1) is 17.5. The smallest absolute Gasteiger partial charge is 0.227 e. The summed E-state index contributed by atoms with van der Waals surface area (Å²) in [6.07, 6.45) is 1.83. The van der Waals surface area contributed by atoms with Gasteiger partial charge in [-0.1, -0.05) is 58.0 Å². The van der Waals surface area contributed by atoms with E-state index in [4.69, 9.17) is 9.40 Å². The summed E-state index contributed by atoms with van der Waals surface area (Å²) < 4.78 is 8.27. The van der Waals surface area contributed by atoms with Crippen molar-refractivity contribution >= 4 is 33.1 Å². The summed E-state index contributed by atoms with van der Waals surface area (Å²) in [5.41, 5.74) is 8.52. The Kier molecular flexibility index (Phi) is 5.12. The van der Waals surface area contributed by atoms with Crippen molar-refractivity contribution in [2.75, 3.05) is 0 Å². The van der Waals surface area contributed by atoms with Crippen LogP contribution in [0.25, 0.3) is 50.2 Å². The number of nitriles is 1. The van der Waals surface area contributed by atoms with Crippen LogP contribution in [0, 0.1) is 11.3 Å². The van der Waals surface area contributed by atoms with E-state index in [0.29, 0.717) is 23.1 Å². The van der Waals surface area contributed by atoms with E-state index >= 15 is 0 Å². The Balaban J connectivity index is 1.70. The predicted octanol–water partition coefficient (Wildman–Crippen LogP) is 8.11. The second-order valence-corrected chi connectivity index (χ2v) is 9.86. The minimum absolute atomic E-state index is 0.343. The quantitative estimate of drug-likeness (QED) is 0.261. The molecule has 6 aromatic rings. The molecule has 0 N–H and O–H groups in total. The molecule has 6 rings (SSSR count). The number of nitrogens with zero attached hydrogens (tertiary/aromatic N) is 4. The Hall–Kier alpha value is -4.43. The highest BCUT2D eigenvalue weighted by molar-refractivity contribution is 6.05. The van der Waals surface area contributed by atoms with E-state index in [-0.39, 0.29) is 0 Å². The van der Waals surface area contributed by atoms with Gasteiger partial charge in [0.25, 0.3) is 0 Å². The maximum Gasteiger partial charge on any atom is 0.227 e. The zero-order chi connectivity index (χ0) is 25.0. The molecule has 0 amide bonds. The molecule has 0 saturated heterocycles. The third-order valence-electron chi connectivity index (χ3n) is 6.84. The fourth-order valence-corrected chi connectivity index (χ4v) is 5.07. The molecule has 176 valence electrons. The summed E-state index contributed by atoms with van der Waals surface area (Å²) in [5.74, 6) is 1.53. The fourth-order valence-electron chi connectivity index (χ4n) is 5.07. The van der Waals surface area contributed by atoms with Gasteiger partial charge in [-0.05, 0) is 59.4 Å². The van der Waals surface area contributed by atoms with E-state index < -0.39 is 0 Å². The number of hydrogen-bond acceptors (Lipinski definition) is 4. The molecule has 0 aliphatic carbocycles. The van der Waals surface area contributed by atoms with Crippen LogP contribution < -0.4 is 0 Å². The third-order valence-corrected chi connectivity index (χ3v) is 6.84. The van der Waals surface area contributed by atoms with Crippen molar-refractivity contribution in [3.8, 4) is 23.1 Å². The molecule has 0 atom stereocenters. The number of rotatable bonds is 4. The van der Waals surface area contributed by atoms with Crippen molar-refractivity contribution in [1.29, 1.82) is 5.26 Å². The Morgan fingerprint density at radius 2 is 1.61 bits per heavy atom. The second-order valence-electron chi connectivity index (χ2n) is 9.86. The lowest BCUT2D eigenvalue weighted by Crippen LogP contribution is -2.08. The summed E-state index contributed by atoms with van der Waals surface area (Å²) in [7, 11) is 0. The molecule has 0 fully saturated rings. The van der Waals surface area contributed by atoms with Crippen molar-refractivity contribution in [2.24, 2.45) is 0 Å². The second kappa shape index (κ2) is 8.35. The number of furan rings is 1. The molecule has 3 heterocycles. The van der Waals surface area contributed by atoms with Crippen molar-refractivity contribution < 1.29 is 4.42 Å². The van der Waals surface area contributed by atoms with Gasteiger partial charge in [0, 0.05) is 22.5 Å². The van der Waals surface area contributed by atoms with Crippen molar-refractivity contribution in [3.05, 3.63) is 89.6 Å². The van der Waals surface area contributed by atoms with E-state index in [1.807, 2.05) is 24.4 Å². The van der Waals surface area contributed by atoms with E-state index in [9.17, 15) is 5.26 Å².